The van der Waals surface area contributed by atoms with Gasteiger partial charge in [0.2, 0.25) is 0 Å². The first-order valence-corrected chi connectivity index (χ1v) is 6.22. The average molecular weight is 300 g/mol. The van der Waals surface area contributed by atoms with Gasteiger partial charge in [0.05, 0.1) is 12.8 Å². The molecule has 1 aromatic heterocycles. The number of carbonyl (C=O) groups excluding carboxylic acids is 1. The van der Waals surface area contributed by atoms with E-state index in [0.29, 0.717) is 10.6 Å². The number of aryl methyl sites for hydroxylation is 1. The predicted molar refractivity (Wildman–Crippen MR) is 70.0 cm³/mol. The number of fused-ring (bicyclic) bond motifs is 1. The molecule has 0 spiro atoms. The average Bonchev–Trinajstić information content (AvgIpc) is 2.56. The van der Waals surface area contributed by atoms with Crippen molar-refractivity contribution in [2.45, 2.75) is 6.92 Å². The molecule has 0 aliphatic carbocycles. The van der Waals surface area contributed by atoms with Crippen molar-refractivity contribution in [1.82, 2.24) is 0 Å². The molecule has 2 N–H and O–H groups in total. The second-order valence-corrected chi connectivity index (χ2v) is 5.37. The van der Waals surface area contributed by atoms with E-state index in [-0.39, 0.29) is 5.97 Å². The minimum atomic E-state index is -0.380. The molecule has 84 valence electrons. The van der Waals surface area contributed by atoms with Gasteiger partial charge in [0.25, 0.3) is 0 Å². The summed E-state index contributed by atoms with van der Waals surface area (Å²) < 4.78 is 6.68. The van der Waals surface area contributed by atoms with Crippen LogP contribution in [0.1, 0.15) is 15.2 Å². The summed E-state index contributed by atoms with van der Waals surface area (Å²) in [5.41, 5.74) is 7.53. The monoisotopic (exact) mass is 299 g/mol. The molecule has 3 nitrogen and oxygen atoms in total. The minimum absolute atomic E-state index is 0.380. The third kappa shape index (κ3) is 1.70. The van der Waals surface area contributed by atoms with E-state index in [2.05, 4.69) is 15.9 Å². The van der Waals surface area contributed by atoms with Gasteiger partial charge in [0.15, 0.2) is 0 Å². The summed E-state index contributed by atoms with van der Waals surface area (Å²) in [4.78, 5) is 12.0. The maximum Gasteiger partial charge on any atom is 0.350 e. The van der Waals surface area contributed by atoms with Gasteiger partial charge in [-0.3, -0.25) is 0 Å². The van der Waals surface area contributed by atoms with Gasteiger partial charge >= 0.3 is 5.97 Å². The molecule has 0 radical (unpaired) electrons. The van der Waals surface area contributed by atoms with E-state index in [0.717, 1.165) is 20.1 Å². The Morgan fingerprint density at radius 3 is 2.81 bits per heavy atom. The van der Waals surface area contributed by atoms with E-state index >= 15 is 0 Å². The molecule has 0 bridgehead atoms. The van der Waals surface area contributed by atoms with Crippen LogP contribution in [0.25, 0.3) is 10.1 Å². The van der Waals surface area contributed by atoms with E-state index in [9.17, 15) is 4.79 Å². The first kappa shape index (κ1) is 11.4. The number of hydrogen-bond donors (Lipinski definition) is 1. The zero-order valence-corrected chi connectivity index (χ0v) is 11.2. The third-order valence-corrected chi connectivity index (χ3v) is 4.14. The van der Waals surface area contributed by atoms with Crippen molar-refractivity contribution >= 4 is 49.0 Å². The fourth-order valence-corrected chi connectivity index (χ4v) is 3.25. The Hall–Kier alpha value is -1.07. The van der Waals surface area contributed by atoms with Crippen LogP contribution in [0, 0.1) is 6.92 Å². The van der Waals surface area contributed by atoms with Crippen molar-refractivity contribution < 1.29 is 9.53 Å². The largest absolute Gasteiger partial charge is 0.465 e. The molecule has 1 heterocycles. The van der Waals surface area contributed by atoms with Crippen molar-refractivity contribution in [3.05, 3.63) is 27.0 Å². The maximum atomic E-state index is 11.5. The van der Waals surface area contributed by atoms with Crippen molar-refractivity contribution in [1.29, 1.82) is 0 Å². The van der Waals surface area contributed by atoms with E-state index in [4.69, 9.17) is 10.5 Å². The molecule has 0 aliphatic rings. The molecule has 0 amide bonds. The number of halogens is 1. The lowest BCUT2D eigenvalue weighted by Crippen LogP contribution is -2.01. The normalized spacial score (nSPS) is 10.7. The van der Waals surface area contributed by atoms with Gasteiger partial charge in [0.1, 0.15) is 4.88 Å². The molecule has 0 saturated carbocycles. The lowest BCUT2D eigenvalue weighted by Gasteiger charge is -1.98. The molecular formula is C11H10BrNO2S. The van der Waals surface area contributed by atoms with E-state index in [1.165, 1.54) is 18.4 Å². The Balaban J connectivity index is 2.77. The molecular weight excluding hydrogens is 290 g/mol. The van der Waals surface area contributed by atoms with Crippen molar-refractivity contribution in [3.8, 4) is 0 Å². The van der Waals surface area contributed by atoms with Crippen LogP contribution in [0.3, 0.4) is 0 Å². The number of nitrogens with two attached hydrogens (primary N) is 1. The van der Waals surface area contributed by atoms with Crippen molar-refractivity contribution in [2.75, 3.05) is 12.8 Å². The summed E-state index contributed by atoms with van der Waals surface area (Å²) in [6, 6.07) is 3.92. The van der Waals surface area contributed by atoms with Gasteiger partial charge in [-0.2, -0.15) is 0 Å². The van der Waals surface area contributed by atoms with Crippen LogP contribution in [-0.2, 0) is 4.74 Å². The highest BCUT2D eigenvalue weighted by Gasteiger charge is 2.18. The highest BCUT2D eigenvalue weighted by atomic mass is 79.9. The SMILES string of the molecule is COC(=O)c1sc2c(C)cc(Br)cc2c1N. The van der Waals surface area contributed by atoms with E-state index < -0.39 is 0 Å². The van der Waals surface area contributed by atoms with Gasteiger partial charge in [0, 0.05) is 14.6 Å². The number of hydrogen-bond acceptors (Lipinski definition) is 4. The number of ether oxygens (including phenoxy) is 1. The van der Waals surface area contributed by atoms with Gasteiger partial charge in [-0.05, 0) is 24.6 Å². The summed E-state index contributed by atoms with van der Waals surface area (Å²) in [5.74, 6) is -0.380. The van der Waals surface area contributed by atoms with Crippen LogP contribution in [0.2, 0.25) is 0 Å². The number of methoxy groups -OCH3 is 1. The van der Waals surface area contributed by atoms with Crippen LogP contribution in [-0.4, -0.2) is 13.1 Å². The standard InChI is InChI=1S/C11H10BrNO2S/c1-5-3-6(12)4-7-8(13)10(11(14)15-2)16-9(5)7/h3-4H,13H2,1-2H3. The molecule has 0 saturated heterocycles. The second-order valence-electron chi connectivity index (χ2n) is 3.44. The highest BCUT2D eigenvalue weighted by molar-refractivity contribution is 9.10. The molecule has 2 rings (SSSR count). The lowest BCUT2D eigenvalue weighted by molar-refractivity contribution is 0.0607. The fourth-order valence-electron chi connectivity index (χ4n) is 1.59. The number of esters is 1. The van der Waals surface area contributed by atoms with Crippen LogP contribution >= 0.6 is 27.3 Å². The van der Waals surface area contributed by atoms with Crippen LogP contribution in [0.5, 0.6) is 0 Å². The van der Waals surface area contributed by atoms with Crippen LogP contribution in [0.4, 0.5) is 5.69 Å². The topological polar surface area (TPSA) is 52.3 Å². The number of anilines is 1. The number of rotatable bonds is 1. The van der Waals surface area contributed by atoms with E-state index in [1.54, 1.807) is 0 Å². The molecule has 0 atom stereocenters. The van der Waals surface area contributed by atoms with Crippen LogP contribution in [0.15, 0.2) is 16.6 Å². The lowest BCUT2D eigenvalue weighted by atomic mass is 10.1. The zero-order chi connectivity index (χ0) is 11.9. The quantitative estimate of drug-likeness (QED) is 0.822. The van der Waals surface area contributed by atoms with E-state index in [1.807, 2.05) is 19.1 Å². The summed E-state index contributed by atoms with van der Waals surface area (Å²) >= 11 is 4.79. The third-order valence-electron chi connectivity index (χ3n) is 2.35. The maximum absolute atomic E-state index is 11.5. The fraction of sp³-hybridized carbons (Fsp3) is 0.182. The summed E-state index contributed by atoms with van der Waals surface area (Å²) in [5, 5.41) is 0.900. The van der Waals surface area contributed by atoms with Gasteiger partial charge in [-0.15, -0.1) is 11.3 Å². The predicted octanol–water partition coefficient (Wildman–Crippen LogP) is 3.34. The molecule has 16 heavy (non-hydrogen) atoms. The second kappa shape index (κ2) is 4.07. The molecule has 2 aromatic rings. The molecule has 0 aliphatic heterocycles. The van der Waals surface area contributed by atoms with Gasteiger partial charge in [-0.25, -0.2) is 4.79 Å². The number of nitrogen functional groups attached to an aromatic ring is 1. The molecule has 0 unspecified atom stereocenters. The highest BCUT2D eigenvalue weighted by Crippen LogP contribution is 2.37. The zero-order valence-electron chi connectivity index (χ0n) is 8.83. The van der Waals surface area contributed by atoms with Crippen molar-refractivity contribution in [3.63, 3.8) is 0 Å². The van der Waals surface area contributed by atoms with Gasteiger partial charge in [-0.1, -0.05) is 15.9 Å². The Bertz CT molecular complexity index is 577. The minimum Gasteiger partial charge on any atom is -0.465 e. The number of benzene rings is 1. The summed E-state index contributed by atoms with van der Waals surface area (Å²) in [6.07, 6.45) is 0. The first-order chi connectivity index (χ1) is 7.54. The number of carbonyl (C=O) groups is 1. The first-order valence-electron chi connectivity index (χ1n) is 4.61. The summed E-state index contributed by atoms with van der Waals surface area (Å²) in [6.45, 7) is 1.99. The smallest absolute Gasteiger partial charge is 0.350 e. The Kier molecular flexibility index (Phi) is 2.90. The summed E-state index contributed by atoms with van der Waals surface area (Å²) in [7, 11) is 1.36. The Morgan fingerprint density at radius 1 is 1.50 bits per heavy atom. The van der Waals surface area contributed by atoms with Crippen molar-refractivity contribution in [2.24, 2.45) is 0 Å². The Morgan fingerprint density at radius 2 is 2.19 bits per heavy atom. The molecule has 0 fully saturated rings. The van der Waals surface area contributed by atoms with Crippen LogP contribution < -0.4 is 5.73 Å². The molecule has 5 heteroatoms. The van der Waals surface area contributed by atoms with Gasteiger partial charge < -0.3 is 10.5 Å². The number of thiophene rings is 1. The molecule has 1 aromatic carbocycles. The Labute approximate surface area is 105 Å².